The van der Waals surface area contributed by atoms with Crippen molar-refractivity contribution in [2.24, 2.45) is 5.92 Å². The van der Waals surface area contributed by atoms with Gasteiger partial charge in [-0.15, -0.1) is 0 Å². The lowest BCUT2D eigenvalue weighted by molar-refractivity contribution is -0.258. The molecule has 0 fully saturated rings. The smallest absolute Gasteiger partial charge is 0.428 e. The molecule has 0 heterocycles. The summed E-state index contributed by atoms with van der Waals surface area (Å²) in [5.74, 6) is -4.13. The van der Waals surface area contributed by atoms with E-state index >= 15 is 0 Å². The second kappa shape index (κ2) is 8.42. The Bertz CT molecular complexity index is 381. The van der Waals surface area contributed by atoms with E-state index in [1.54, 1.807) is 13.8 Å². The Labute approximate surface area is 117 Å². The summed E-state index contributed by atoms with van der Waals surface area (Å²) in [6, 6.07) is 0. The number of hydrogen-bond acceptors (Lipinski definition) is 6. The molecule has 0 aliphatic rings. The van der Waals surface area contributed by atoms with Gasteiger partial charge in [-0.2, -0.15) is 17.6 Å². The minimum absolute atomic E-state index is 0.423. The Morgan fingerprint density at radius 3 is 2.14 bits per heavy atom. The number of rotatable bonds is 7. The number of ether oxygens (including phenoxy) is 3. The van der Waals surface area contributed by atoms with Crippen molar-refractivity contribution in [1.82, 2.24) is 0 Å². The van der Waals surface area contributed by atoms with E-state index in [2.05, 4.69) is 14.2 Å². The maximum Gasteiger partial charge on any atom is 0.457 e. The molecule has 0 radical (unpaired) electrons. The third-order valence-electron chi connectivity index (χ3n) is 2.22. The largest absolute Gasteiger partial charge is 0.457 e. The summed E-state index contributed by atoms with van der Waals surface area (Å²) < 4.78 is 59.6. The number of halogens is 4. The summed E-state index contributed by atoms with van der Waals surface area (Å²) in [5, 5.41) is 0. The number of alkyl halides is 4. The third kappa shape index (κ3) is 8.10. The van der Waals surface area contributed by atoms with Crippen LogP contribution in [0, 0.1) is 5.92 Å². The Balaban J connectivity index is 4.00. The van der Waals surface area contributed by atoms with Crippen LogP contribution in [-0.2, 0) is 28.6 Å². The molecule has 0 spiro atoms. The van der Waals surface area contributed by atoms with E-state index in [-0.39, 0.29) is 0 Å². The van der Waals surface area contributed by atoms with Crippen molar-refractivity contribution in [3.63, 3.8) is 0 Å². The molecule has 0 aromatic heterocycles. The first kappa shape index (κ1) is 19.1. The molecule has 0 N–H and O–H groups in total. The zero-order chi connectivity index (χ0) is 16.6. The molecule has 0 saturated carbocycles. The van der Waals surface area contributed by atoms with Gasteiger partial charge >= 0.3 is 30.4 Å². The second-order valence-electron chi connectivity index (χ2n) is 3.93. The Morgan fingerprint density at radius 1 is 1.10 bits per heavy atom. The SMILES string of the molecule is CCC(C)C(=O)OCOC(=O)CC(=O)OC(F)C(F)(F)F. The molecule has 10 heteroatoms. The minimum atomic E-state index is -5.37. The number of carbonyl (C=O) groups excluding carboxylic acids is 3. The van der Waals surface area contributed by atoms with Gasteiger partial charge in [-0.05, 0) is 6.42 Å². The van der Waals surface area contributed by atoms with Crippen LogP contribution >= 0.6 is 0 Å². The van der Waals surface area contributed by atoms with Gasteiger partial charge < -0.3 is 14.2 Å². The van der Waals surface area contributed by atoms with Crippen molar-refractivity contribution in [1.29, 1.82) is 0 Å². The van der Waals surface area contributed by atoms with Crippen LogP contribution in [0.3, 0.4) is 0 Å². The van der Waals surface area contributed by atoms with Crippen molar-refractivity contribution in [3.05, 3.63) is 0 Å². The van der Waals surface area contributed by atoms with Crippen molar-refractivity contribution >= 4 is 17.9 Å². The van der Waals surface area contributed by atoms with Gasteiger partial charge in [0.05, 0.1) is 5.92 Å². The molecule has 21 heavy (non-hydrogen) atoms. The van der Waals surface area contributed by atoms with E-state index in [1.165, 1.54) is 0 Å². The molecule has 2 atom stereocenters. The number of esters is 3. The molecule has 2 unspecified atom stereocenters. The summed E-state index contributed by atoms with van der Waals surface area (Å²) in [5.41, 5.74) is 0. The van der Waals surface area contributed by atoms with E-state index in [1.807, 2.05) is 0 Å². The Kier molecular flexibility index (Phi) is 7.67. The van der Waals surface area contributed by atoms with Gasteiger partial charge in [0, 0.05) is 0 Å². The number of carbonyl (C=O) groups is 3. The highest BCUT2D eigenvalue weighted by atomic mass is 19.4. The molecule has 0 bridgehead atoms. The van der Waals surface area contributed by atoms with E-state index in [9.17, 15) is 31.9 Å². The lowest BCUT2D eigenvalue weighted by Gasteiger charge is -2.13. The van der Waals surface area contributed by atoms with Crippen LogP contribution < -0.4 is 0 Å². The second-order valence-corrected chi connectivity index (χ2v) is 3.93. The average Bonchev–Trinajstić information content (AvgIpc) is 2.35. The molecule has 0 saturated heterocycles. The van der Waals surface area contributed by atoms with Crippen molar-refractivity contribution in [2.75, 3.05) is 6.79 Å². The summed E-state index contributed by atoms with van der Waals surface area (Å²) >= 11 is 0. The molecule has 0 amide bonds. The quantitative estimate of drug-likeness (QED) is 0.309. The predicted molar refractivity (Wildman–Crippen MR) is 58.2 cm³/mol. The fraction of sp³-hybridized carbons (Fsp3) is 0.727. The van der Waals surface area contributed by atoms with E-state index < -0.39 is 49.6 Å². The fourth-order valence-corrected chi connectivity index (χ4v) is 0.855. The first-order valence-corrected chi connectivity index (χ1v) is 5.80. The maximum atomic E-state index is 12.3. The van der Waals surface area contributed by atoms with Crippen LogP contribution in [0.2, 0.25) is 0 Å². The van der Waals surface area contributed by atoms with Crippen LogP contribution in [-0.4, -0.2) is 37.2 Å². The van der Waals surface area contributed by atoms with Crippen LogP contribution in [0.25, 0.3) is 0 Å². The minimum Gasteiger partial charge on any atom is -0.428 e. The summed E-state index contributed by atoms with van der Waals surface area (Å²) in [7, 11) is 0. The normalized spacial score (nSPS) is 14.0. The molecule has 0 aromatic rings. The topological polar surface area (TPSA) is 78.9 Å². The number of hydrogen-bond donors (Lipinski definition) is 0. The molecule has 0 aromatic carbocycles. The van der Waals surface area contributed by atoms with Crippen molar-refractivity contribution in [2.45, 2.75) is 39.2 Å². The maximum absolute atomic E-state index is 12.3. The van der Waals surface area contributed by atoms with Gasteiger partial charge in [-0.25, -0.2) is 0 Å². The lowest BCUT2D eigenvalue weighted by Crippen LogP contribution is -2.30. The van der Waals surface area contributed by atoms with Crippen LogP contribution in [0.15, 0.2) is 0 Å². The van der Waals surface area contributed by atoms with Gasteiger partial charge in [-0.3, -0.25) is 14.4 Å². The summed E-state index contributed by atoms with van der Waals surface area (Å²) in [6.45, 7) is 2.50. The van der Waals surface area contributed by atoms with Crippen LogP contribution in [0.4, 0.5) is 17.6 Å². The third-order valence-corrected chi connectivity index (χ3v) is 2.22. The molecular formula is C11H14F4O6. The van der Waals surface area contributed by atoms with Crippen LogP contribution in [0.1, 0.15) is 26.7 Å². The molecule has 0 rings (SSSR count). The van der Waals surface area contributed by atoms with Crippen molar-refractivity contribution < 1.29 is 46.2 Å². The van der Waals surface area contributed by atoms with Gasteiger partial charge in [0.15, 0.2) is 0 Å². The summed E-state index contributed by atoms with van der Waals surface area (Å²) in [6.07, 6.45) is -9.93. The zero-order valence-electron chi connectivity index (χ0n) is 11.2. The van der Waals surface area contributed by atoms with Crippen LogP contribution in [0.5, 0.6) is 0 Å². The highest BCUT2D eigenvalue weighted by Gasteiger charge is 2.43. The molecule has 0 aliphatic carbocycles. The van der Waals surface area contributed by atoms with Gasteiger partial charge in [0.1, 0.15) is 6.42 Å². The van der Waals surface area contributed by atoms with Gasteiger partial charge in [-0.1, -0.05) is 13.8 Å². The highest BCUT2D eigenvalue weighted by molar-refractivity contribution is 5.91. The lowest BCUT2D eigenvalue weighted by atomic mass is 10.1. The first-order valence-electron chi connectivity index (χ1n) is 5.80. The highest BCUT2D eigenvalue weighted by Crippen LogP contribution is 2.24. The van der Waals surface area contributed by atoms with E-state index in [0.29, 0.717) is 6.42 Å². The molecular weight excluding hydrogens is 304 g/mol. The fourth-order valence-electron chi connectivity index (χ4n) is 0.855. The predicted octanol–water partition coefficient (Wildman–Crippen LogP) is 1.87. The van der Waals surface area contributed by atoms with Crippen molar-refractivity contribution in [3.8, 4) is 0 Å². The Morgan fingerprint density at radius 2 is 1.67 bits per heavy atom. The standard InChI is InChI=1S/C11H14F4O6/c1-3-6(2)9(18)20-5-19-7(16)4-8(17)21-10(12)11(13,14)15/h6,10H,3-5H2,1-2H3. The van der Waals surface area contributed by atoms with Gasteiger partial charge in [0.25, 0.3) is 0 Å². The summed E-state index contributed by atoms with van der Waals surface area (Å²) in [4.78, 5) is 32.9. The zero-order valence-corrected chi connectivity index (χ0v) is 11.2. The average molecular weight is 318 g/mol. The van der Waals surface area contributed by atoms with Gasteiger partial charge in [0.2, 0.25) is 6.79 Å². The monoisotopic (exact) mass is 318 g/mol. The Hall–Kier alpha value is -1.87. The molecule has 0 aliphatic heterocycles. The first-order chi connectivity index (χ1) is 9.57. The molecule has 122 valence electrons. The van der Waals surface area contributed by atoms with E-state index in [4.69, 9.17) is 0 Å². The molecule has 6 nitrogen and oxygen atoms in total. The van der Waals surface area contributed by atoms with E-state index in [0.717, 1.165) is 0 Å².